The highest BCUT2D eigenvalue weighted by molar-refractivity contribution is 9.10. The van der Waals surface area contributed by atoms with Gasteiger partial charge in [0.25, 0.3) is 5.91 Å². The summed E-state index contributed by atoms with van der Waals surface area (Å²) in [5.41, 5.74) is 0.593. The van der Waals surface area contributed by atoms with Crippen molar-refractivity contribution in [2.24, 2.45) is 0 Å². The third-order valence-electron chi connectivity index (χ3n) is 2.55. The maximum atomic E-state index is 11.8. The van der Waals surface area contributed by atoms with Crippen LogP contribution >= 0.6 is 15.9 Å². The Bertz CT molecular complexity index is 714. The molecular weight excluding hydrogens is 328 g/mol. The van der Waals surface area contributed by atoms with E-state index in [1.54, 1.807) is 36.6 Å². The van der Waals surface area contributed by atoms with E-state index in [9.17, 15) is 4.79 Å². The number of rotatable bonds is 4. The van der Waals surface area contributed by atoms with Crippen LogP contribution in [0.3, 0.4) is 0 Å². The van der Waals surface area contributed by atoms with Gasteiger partial charge in [0.05, 0.1) is 12.8 Å². The van der Waals surface area contributed by atoms with E-state index >= 15 is 0 Å². The number of amides is 1. The summed E-state index contributed by atoms with van der Waals surface area (Å²) in [5, 5.41) is 6.53. The van der Waals surface area contributed by atoms with E-state index < -0.39 is 0 Å². The first-order valence-electron chi connectivity index (χ1n) is 5.75. The summed E-state index contributed by atoms with van der Waals surface area (Å²) in [4.78, 5) is 11.8. The fraction of sp³-hybridized carbons (Fsp3) is 0.0769. The van der Waals surface area contributed by atoms with E-state index in [1.165, 1.54) is 0 Å². The maximum Gasteiger partial charge on any atom is 0.287 e. The van der Waals surface area contributed by atoms with Crippen molar-refractivity contribution < 1.29 is 18.2 Å². The van der Waals surface area contributed by atoms with Crippen molar-refractivity contribution >= 4 is 21.8 Å². The second-order valence-electron chi connectivity index (χ2n) is 3.95. The van der Waals surface area contributed by atoms with Crippen molar-refractivity contribution in [3.8, 4) is 11.5 Å². The lowest BCUT2D eigenvalue weighted by Crippen LogP contribution is -2.22. The van der Waals surface area contributed by atoms with Gasteiger partial charge in [-0.1, -0.05) is 5.16 Å². The highest BCUT2D eigenvalue weighted by Gasteiger charge is 2.12. The van der Waals surface area contributed by atoms with Gasteiger partial charge < -0.3 is 18.7 Å². The number of halogens is 1. The van der Waals surface area contributed by atoms with Gasteiger partial charge in [-0.05, 0) is 40.2 Å². The van der Waals surface area contributed by atoms with Crippen LogP contribution in [-0.4, -0.2) is 11.1 Å². The predicted molar refractivity (Wildman–Crippen MR) is 71.8 cm³/mol. The van der Waals surface area contributed by atoms with Gasteiger partial charge in [0, 0.05) is 6.07 Å². The summed E-state index contributed by atoms with van der Waals surface area (Å²) in [6, 6.07) is 8.46. The summed E-state index contributed by atoms with van der Waals surface area (Å²) >= 11 is 3.14. The number of furan rings is 2. The van der Waals surface area contributed by atoms with Gasteiger partial charge in [0.2, 0.25) is 5.76 Å². The molecule has 0 aliphatic carbocycles. The first kappa shape index (κ1) is 12.7. The molecule has 3 rings (SSSR count). The number of aromatic nitrogens is 1. The van der Waals surface area contributed by atoms with E-state index in [1.807, 2.05) is 0 Å². The zero-order valence-electron chi connectivity index (χ0n) is 10.1. The molecule has 6 nitrogen and oxygen atoms in total. The number of carbonyl (C=O) groups excluding carboxylic acids is 1. The largest absolute Gasteiger partial charge is 0.461 e. The number of carbonyl (C=O) groups is 1. The van der Waals surface area contributed by atoms with Crippen LogP contribution in [0.2, 0.25) is 0 Å². The quantitative estimate of drug-likeness (QED) is 0.790. The maximum absolute atomic E-state index is 11.8. The Morgan fingerprint density at radius 1 is 1.30 bits per heavy atom. The molecule has 0 spiro atoms. The Kier molecular flexibility index (Phi) is 3.42. The Balaban J connectivity index is 1.63. The molecule has 7 heteroatoms. The number of hydrogen-bond donors (Lipinski definition) is 1. The molecule has 3 aromatic rings. The molecule has 3 aromatic heterocycles. The van der Waals surface area contributed by atoms with Crippen LogP contribution in [0.15, 0.2) is 54.6 Å². The monoisotopic (exact) mass is 336 g/mol. The lowest BCUT2D eigenvalue weighted by Gasteiger charge is -1.98. The molecule has 1 amide bonds. The molecule has 0 aliphatic rings. The molecule has 0 unspecified atom stereocenters. The molecule has 0 bridgehead atoms. The van der Waals surface area contributed by atoms with E-state index in [2.05, 4.69) is 26.4 Å². The fourth-order valence-corrected chi connectivity index (χ4v) is 1.93. The first-order valence-corrected chi connectivity index (χ1v) is 6.54. The second kappa shape index (κ2) is 5.38. The van der Waals surface area contributed by atoms with Crippen LogP contribution < -0.4 is 5.32 Å². The average Bonchev–Trinajstić information content (AvgIpc) is 3.16. The molecule has 0 saturated carbocycles. The summed E-state index contributed by atoms with van der Waals surface area (Å²) < 4.78 is 16.0. The van der Waals surface area contributed by atoms with Gasteiger partial charge in [0.15, 0.2) is 16.2 Å². The van der Waals surface area contributed by atoms with Gasteiger partial charge in [-0.2, -0.15) is 0 Å². The lowest BCUT2D eigenvalue weighted by molar-refractivity contribution is 0.0921. The molecule has 3 heterocycles. The Hall–Kier alpha value is -2.28. The summed E-state index contributed by atoms with van der Waals surface area (Å²) in [6.07, 6.45) is 1.55. The standard InChI is InChI=1S/C13H9BrN2O4/c14-12-4-3-10(19-12)13(17)15-7-8-6-11(20-16-8)9-2-1-5-18-9/h1-6H,7H2,(H,15,17). The molecule has 0 atom stereocenters. The van der Waals surface area contributed by atoms with Gasteiger partial charge in [-0.15, -0.1) is 0 Å². The summed E-state index contributed by atoms with van der Waals surface area (Å²) in [5.74, 6) is 1.01. The smallest absolute Gasteiger partial charge is 0.287 e. The van der Waals surface area contributed by atoms with Crippen LogP contribution in [-0.2, 0) is 6.54 Å². The van der Waals surface area contributed by atoms with Crippen LogP contribution in [0.5, 0.6) is 0 Å². The molecule has 20 heavy (non-hydrogen) atoms. The lowest BCUT2D eigenvalue weighted by atomic mass is 10.3. The van der Waals surface area contributed by atoms with Crippen molar-refractivity contribution in [3.63, 3.8) is 0 Å². The van der Waals surface area contributed by atoms with E-state index in [4.69, 9.17) is 13.4 Å². The highest BCUT2D eigenvalue weighted by Crippen LogP contribution is 2.20. The third-order valence-corrected chi connectivity index (χ3v) is 2.98. The molecule has 0 aliphatic heterocycles. The summed E-state index contributed by atoms with van der Waals surface area (Å²) in [7, 11) is 0. The zero-order valence-corrected chi connectivity index (χ0v) is 11.7. The first-order chi connectivity index (χ1) is 9.72. The molecule has 0 saturated heterocycles. The minimum Gasteiger partial charge on any atom is -0.461 e. The highest BCUT2D eigenvalue weighted by atomic mass is 79.9. The fourth-order valence-electron chi connectivity index (χ4n) is 1.62. The normalized spacial score (nSPS) is 10.7. The van der Waals surface area contributed by atoms with Crippen molar-refractivity contribution in [1.29, 1.82) is 0 Å². The van der Waals surface area contributed by atoms with Gasteiger partial charge in [-0.25, -0.2) is 0 Å². The number of nitrogens with one attached hydrogen (secondary N) is 1. The SMILES string of the molecule is O=C(NCc1cc(-c2ccco2)on1)c1ccc(Br)o1. The number of nitrogens with zero attached hydrogens (tertiary/aromatic N) is 1. The van der Waals surface area contributed by atoms with Crippen molar-refractivity contribution in [3.05, 3.63) is 52.7 Å². The topological polar surface area (TPSA) is 81.4 Å². The Morgan fingerprint density at radius 3 is 2.90 bits per heavy atom. The molecule has 0 aromatic carbocycles. The van der Waals surface area contributed by atoms with Crippen LogP contribution in [0, 0.1) is 0 Å². The minimum absolute atomic E-state index is 0.228. The minimum atomic E-state index is -0.321. The zero-order chi connectivity index (χ0) is 13.9. The van der Waals surface area contributed by atoms with Crippen LogP contribution in [0.4, 0.5) is 0 Å². The van der Waals surface area contributed by atoms with Gasteiger partial charge in [-0.3, -0.25) is 4.79 Å². The van der Waals surface area contributed by atoms with Gasteiger partial charge >= 0.3 is 0 Å². The van der Waals surface area contributed by atoms with Crippen molar-refractivity contribution in [1.82, 2.24) is 10.5 Å². The third kappa shape index (κ3) is 2.67. The molecular formula is C13H9BrN2O4. The predicted octanol–water partition coefficient (Wildman–Crippen LogP) is 3.22. The molecule has 0 fully saturated rings. The van der Waals surface area contributed by atoms with E-state index in [0.717, 1.165) is 0 Å². The van der Waals surface area contributed by atoms with Crippen molar-refractivity contribution in [2.75, 3.05) is 0 Å². The molecule has 102 valence electrons. The Morgan fingerprint density at radius 2 is 2.20 bits per heavy atom. The second-order valence-corrected chi connectivity index (χ2v) is 4.73. The molecule has 0 radical (unpaired) electrons. The Labute approximate surface area is 121 Å². The van der Waals surface area contributed by atoms with Crippen LogP contribution in [0.25, 0.3) is 11.5 Å². The number of hydrogen-bond acceptors (Lipinski definition) is 5. The summed E-state index contributed by atoms with van der Waals surface area (Å²) in [6.45, 7) is 0.237. The van der Waals surface area contributed by atoms with E-state index in [-0.39, 0.29) is 18.2 Å². The van der Waals surface area contributed by atoms with E-state index in [0.29, 0.717) is 21.9 Å². The van der Waals surface area contributed by atoms with Crippen LogP contribution in [0.1, 0.15) is 16.2 Å². The van der Waals surface area contributed by atoms with Gasteiger partial charge in [0.1, 0.15) is 5.69 Å². The average molecular weight is 337 g/mol. The van der Waals surface area contributed by atoms with Crippen molar-refractivity contribution in [2.45, 2.75) is 6.54 Å². The molecule has 1 N–H and O–H groups in total.